The first kappa shape index (κ1) is 15.4. The van der Waals surface area contributed by atoms with Gasteiger partial charge in [0, 0.05) is 17.1 Å². The van der Waals surface area contributed by atoms with Crippen molar-refractivity contribution in [3.63, 3.8) is 0 Å². The van der Waals surface area contributed by atoms with Gasteiger partial charge in [0.2, 0.25) is 0 Å². The van der Waals surface area contributed by atoms with Crippen LogP contribution in [0.15, 0.2) is 11.5 Å². The Kier molecular flexibility index (Phi) is 3.82. The number of aromatic nitrogens is 4. The molecule has 122 valence electrons. The van der Waals surface area contributed by atoms with E-state index < -0.39 is 0 Å². The van der Waals surface area contributed by atoms with Gasteiger partial charge in [0.15, 0.2) is 10.8 Å². The lowest BCUT2D eigenvalue weighted by molar-refractivity contribution is -0.0542. The van der Waals surface area contributed by atoms with E-state index in [1.165, 1.54) is 15.8 Å². The standard InChI is InChI=1S/C16H20N4OS2/c1-4-6-22-15-18-14-12(13-19-17-9-20(13)15)10-7-16(3,5-2)21-8-11(10)23-14/h9H,4-8H2,1-3H3. The van der Waals surface area contributed by atoms with Crippen molar-refractivity contribution in [1.29, 1.82) is 0 Å². The first-order chi connectivity index (χ1) is 11.1. The summed E-state index contributed by atoms with van der Waals surface area (Å²) >= 11 is 3.51. The molecule has 23 heavy (non-hydrogen) atoms. The van der Waals surface area contributed by atoms with Gasteiger partial charge >= 0.3 is 0 Å². The molecule has 0 amide bonds. The molecule has 0 spiro atoms. The smallest absolute Gasteiger partial charge is 0.176 e. The topological polar surface area (TPSA) is 52.3 Å². The van der Waals surface area contributed by atoms with Gasteiger partial charge in [-0.1, -0.05) is 25.6 Å². The molecule has 5 nitrogen and oxygen atoms in total. The minimum Gasteiger partial charge on any atom is -0.369 e. The fourth-order valence-corrected chi connectivity index (χ4v) is 4.95. The fraction of sp³-hybridized carbons (Fsp3) is 0.562. The normalized spacial score (nSPS) is 21.2. The Labute approximate surface area is 143 Å². The molecule has 1 atom stereocenters. The number of ether oxygens (including phenoxy) is 1. The summed E-state index contributed by atoms with van der Waals surface area (Å²) in [4.78, 5) is 7.26. The van der Waals surface area contributed by atoms with Crippen molar-refractivity contribution in [1.82, 2.24) is 19.6 Å². The number of thiophene rings is 1. The highest BCUT2D eigenvalue weighted by Gasteiger charge is 2.33. The molecule has 1 unspecified atom stereocenters. The monoisotopic (exact) mass is 348 g/mol. The summed E-state index contributed by atoms with van der Waals surface area (Å²) in [5.41, 5.74) is 2.21. The summed E-state index contributed by atoms with van der Waals surface area (Å²) < 4.78 is 8.13. The number of thioether (sulfide) groups is 1. The second-order valence-corrected chi connectivity index (χ2v) is 8.37. The van der Waals surface area contributed by atoms with Gasteiger partial charge < -0.3 is 4.74 Å². The van der Waals surface area contributed by atoms with Crippen molar-refractivity contribution in [2.45, 2.75) is 57.4 Å². The minimum atomic E-state index is -0.0896. The third-order valence-corrected chi connectivity index (χ3v) is 6.79. The van der Waals surface area contributed by atoms with Crippen LogP contribution in [-0.2, 0) is 17.8 Å². The molecule has 1 aliphatic heterocycles. The molecule has 0 saturated heterocycles. The summed E-state index contributed by atoms with van der Waals surface area (Å²) in [6.07, 6.45) is 4.83. The van der Waals surface area contributed by atoms with Crippen LogP contribution < -0.4 is 0 Å². The van der Waals surface area contributed by atoms with Crippen molar-refractivity contribution in [2.24, 2.45) is 0 Å². The van der Waals surface area contributed by atoms with Gasteiger partial charge in [0.1, 0.15) is 11.2 Å². The molecule has 1 aliphatic rings. The molecule has 0 aliphatic carbocycles. The van der Waals surface area contributed by atoms with Crippen LogP contribution in [0.1, 0.15) is 44.1 Å². The lowest BCUT2D eigenvalue weighted by Crippen LogP contribution is -2.33. The maximum Gasteiger partial charge on any atom is 0.176 e. The van der Waals surface area contributed by atoms with E-state index in [9.17, 15) is 0 Å². The van der Waals surface area contributed by atoms with Gasteiger partial charge in [-0.25, -0.2) is 4.98 Å². The second kappa shape index (κ2) is 5.72. The molecule has 0 aromatic carbocycles. The van der Waals surface area contributed by atoms with E-state index >= 15 is 0 Å². The average molecular weight is 348 g/mol. The summed E-state index contributed by atoms with van der Waals surface area (Å²) in [6, 6.07) is 0. The summed E-state index contributed by atoms with van der Waals surface area (Å²) in [5, 5.41) is 10.7. The summed E-state index contributed by atoms with van der Waals surface area (Å²) in [7, 11) is 0. The van der Waals surface area contributed by atoms with Gasteiger partial charge in [-0.15, -0.1) is 21.5 Å². The minimum absolute atomic E-state index is 0.0896. The molecule has 0 saturated carbocycles. The van der Waals surface area contributed by atoms with E-state index in [1.807, 2.05) is 4.40 Å². The molecular formula is C16H20N4OS2. The van der Waals surface area contributed by atoms with Crippen molar-refractivity contribution < 1.29 is 4.74 Å². The highest BCUT2D eigenvalue weighted by molar-refractivity contribution is 7.99. The lowest BCUT2D eigenvalue weighted by atomic mass is 9.90. The molecule has 0 N–H and O–H groups in total. The molecule has 3 aromatic rings. The number of hydrogen-bond donors (Lipinski definition) is 0. The van der Waals surface area contributed by atoms with Crippen LogP contribution in [0, 0.1) is 0 Å². The SMILES string of the molecule is CCCSc1nc2sc3c(c2c2nncn12)CC(C)(CC)OC3. The molecule has 0 bridgehead atoms. The molecule has 4 rings (SSSR count). The van der Waals surface area contributed by atoms with E-state index in [0.717, 1.165) is 40.6 Å². The van der Waals surface area contributed by atoms with Crippen LogP contribution in [0.25, 0.3) is 15.9 Å². The zero-order chi connectivity index (χ0) is 16.0. The fourth-order valence-electron chi connectivity index (χ4n) is 2.98. The quantitative estimate of drug-likeness (QED) is 0.525. The average Bonchev–Trinajstić information content (AvgIpc) is 3.16. The van der Waals surface area contributed by atoms with Gasteiger partial charge in [-0.2, -0.15) is 0 Å². The summed E-state index contributed by atoms with van der Waals surface area (Å²) in [5.74, 6) is 1.05. The van der Waals surface area contributed by atoms with Crippen molar-refractivity contribution >= 4 is 39.0 Å². The lowest BCUT2D eigenvalue weighted by Gasteiger charge is -2.32. The van der Waals surface area contributed by atoms with Gasteiger partial charge in [0.05, 0.1) is 17.6 Å². The van der Waals surface area contributed by atoms with E-state index in [0.29, 0.717) is 6.61 Å². The third-order valence-electron chi connectivity index (χ3n) is 4.53. The van der Waals surface area contributed by atoms with Crippen LogP contribution in [0.5, 0.6) is 0 Å². The van der Waals surface area contributed by atoms with Gasteiger partial charge in [-0.3, -0.25) is 4.40 Å². The Hall–Kier alpha value is -1.18. The first-order valence-corrected chi connectivity index (χ1v) is 9.86. The van der Waals surface area contributed by atoms with E-state index in [1.54, 1.807) is 29.4 Å². The van der Waals surface area contributed by atoms with Crippen LogP contribution in [0.3, 0.4) is 0 Å². The van der Waals surface area contributed by atoms with Crippen molar-refractivity contribution in [3.8, 4) is 0 Å². The Bertz CT molecular complexity index is 872. The number of nitrogens with zero attached hydrogens (tertiary/aromatic N) is 4. The summed E-state index contributed by atoms with van der Waals surface area (Å²) in [6.45, 7) is 7.24. The maximum absolute atomic E-state index is 6.09. The van der Waals surface area contributed by atoms with Crippen LogP contribution in [0.2, 0.25) is 0 Å². The van der Waals surface area contributed by atoms with Crippen LogP contribution in [0.4, 0.5) is 0 Å². The first-order valence-electron chi connectivity index (χ1n) is 8.06. The number of fused-ring (bicyclic) bond motifs is 5. The molecular weight excluding hydrogens is 328 g/mol. The molecule has 0 radical (unpaired) electrons. The Balaban J connectivity index is 1.93. The molecule has 4 heterocycles. The van der Waals surface area contributed by atoms with Crippen molar-refractivity contribution in [3.05, 3.63) is 16.8 Å². The zero-order valence-electron chi connectivity index (χ0n) is 13.6. The highest BCUT2D eigenvalue weighted by atomic mass is 32.2. The van der Waals surface area contributed by atoms with Crippen LogP contribution >= 0.6 is 23.1 Å². The number of rotatable bonds is 4. The van der Waals surface area contributed by atoms with Gasteiger partial charge in [0.25, 0.3) is 0 Å². The Morgan fingerprint density at radius 3 is 3.09 bits per heavy atom. The zero-order valence-corrected chi connectivity index (χ0v) is 15.3. The Morgan fingerprint density at radius 1 is 1.43 bits per heavy atom. The van der Waals surface area contributed by atoms with Gasteiger partial charge in [-0.05, 0) is 25.3 Å². The second-order valence-electron chi connectivity index (χ2n) is 6.22. The third kappa shape index (κ3) is 2.45. The van der Waals surface area contributed by atoms with Crippen molar-refractivity contribution in [2.75, 3.05) is 5.75 Å². The molecule has 0 fully saturated rings. The number of hydrogen-bond acceptors (Lipinski definition) is 6. The largest absolute Gasteiger partial charge is 0.369 e. The predicted molar refractivity (Wildman–Crippen MR) is 94.4 cm³/mol. The predicted octanol–water partition coefficient (Wildman–Crippen LogP) is 4.08. The van der Waals surface area contributed by atoms with Crippen LogP contribution in [-0.4, -0.2) is 30.9 Å². The maximum atomic E-state index is 6.09. The molecule has 3 aromatic heterocycles. The van der Waals surface area contributed by atoms with E-state index in [4.69, 9.17) is 9.72 Å². The van der Waals surface area contributed by atoms with E-state index in [-0.39, 0.29) is 5.60 Å². The Morgan fingerprint density at radius 2 is 2.30 bits per heavy atom. The highest BCUT2D eigenvalue weighted by Crippen LogP contribution is 2.41. The van der Waals surface area contributed by atoms with E-state index in [2.05, 4.69) is 31.0 Å². The molecule has 7 heteroatoms.